The smallest absolute Gasteiger partial charge is 0.306 e. The van der Waals surface area contributed by atoms with E-state index in [1.54, 1.807) is 0 Å². The number of carbonyl (C=O) groups is 1. The van der Waals surface area contributed by atoms with E-state index in [-0.39, 0.29) is 5.97 Å². The van der Waals surface area contributed by atoms with E-state index < -0.39 is 0 Å². The van der Waals surface area contributed by atoms with E-state index in [1.165, 1.54) is 173 Å². The van der Waals surface area contributed by atoms with Crippen LogP contribution in [0.3, 0.4) is 0 Å². The predicted molar refractivity (Wildman–Crippen MR) is 165 cm³/mol. The van der Waals surface area contributed by atoms with Gasteiger partial charge in [-0.15, -0.1) is 0 Å². The van der Waals surface area contributed by atoms with Crippen molar-refractivity contribution in [1.29, 1.82) is 0 Å². The van der Waals surface area contributed by atoms with E-state index >= 15 is 0 Å². The fourth-order valence-corrected chi connectivity index (χ4v) is 5.63. The fourth-order valence-electron chi connectivity index (χ4n) is 5.63. The van der Waals surface area contributed by atoms with Gasteiger partial charge in [0, 0.05) is 6.42 Å². The monoisotopic (exact) mass is 523 g/mol. The van der Waals surface area contributed by atoms with Crippen molar-refractivity contribution in [3.63, 3.8) is 0 Å². The maximum atomic E-state index is 12.3. The van der Waals surface area contributed by atoms with Gasteiger partial charge in [0.15, 0.2) is 0 Å². The molecule has 0 saturated heterocycles. The van der Waals surface area contributed by atoms with Crippen LogP contribution >= 0.6 is 0 Å². The molecular formula is C35H70O2. The molecule has 0 rings (SSSR count). The maximum absolute atomic E-state index is 12.3. The summed E-state index contributed by atoms with van der Waals surface area (Å²) in [5.74, 6) is 0.587. The predicted octanol–water partition coefficient (Wildman–Crippen LogP) is 12.5. The zero-order valence-corrected chi connectivity index (χ0v) is 26.1. The average Bonchev–Trinajstić information content (AvgIpc) is 2.89. The quantitative estimate of drug-likeness (QED) is 0.0668. The number of ether oxygens (including phenoxy) is 1. The molecule has 0 heterocycles. The summed E-state index contributed by atoms with van der Waals surface area (Å²) in [4.78, 5) is 12.3. The Kier molecular flexibility index (Phi) is 31.2. The second-order valence-electron chi connectivity index (χ2n) is 12.0. The van der Waals surface area contributed by atoms with Crippen molar-refractivity contribution in [2.45, 2.75) is 207 Å². The van der Waals surface area contributed by atoms with Crippen LogP contribution < -0.4 is 0 Å². The van der Waals surface area contributed by atoms with Crippen LogP contribution in [0.5, 0.6) is 0 Å². The first kappa shape index (κ1) is 36.5. The summed E-state index contributed by atoms with van der Waals surface area (Å²) in [6.45, 7) is 7.45. The molecule has 2 nitrogen and oxygen atoms in total. The van der Waals surface area contributed by atoms with Crippen molar-refractivity contribution in [1.82, 2.24) is 0 Å². The summed E-state index contributed by atoms with van der Waals surface area (Å²) >= 11 is 0. The van der Waals surface area contributed by atoms with Crippen molar-refractivity contribution in [2.24, 2.45) is 5.92 Å². The molecule has 0 bridgehead atoms. The average molecular weight is 523 g/mol. The number of esters is 1. The first-order valence-corrected chi connectivity index (χ1v) is 17.4. The van der Waals surface area contributed by atoms with Crippen LogP contribution in [0.25, 0.3) is 0 Å². The maximum Gasteiger partial charge on any atom is 0.306 e. The minimum absolute atomic E-state index is 0.0518. The van der Waals surface area contributed by atoms with E-state index in [4.69, 9.17) is 4.74 Å². The molecule has 0 aliphatic carbocycles. The lowest BCUT2D eigenvalue weighted by Gasteiger charge is -2.15. The minimum atomic E-state index is 0.0518. The lowest BCUT2D eigenvalue weighted by atomic mass is 9.93. The number of rotatable bonds is 31. The first-order valence-electron chi connectivity index (χ1n) is 17.4. The molecule has 222 valence electrons. The standard InChI is InChI=1S/C35H70O2/c1-4-7-9-11-13-15-17-18-19-20-21-23-25-27-29-32-37-35(36)33-34(30-6-3)31-28-26-24-22-16-14-12-10-8-5-2/h34H,4-33H2,1-3H3. The van der Waals surface area contributed by atoms with Gasteiger partial charge >= 0.3 is 5.97 Å². The van der Waals surface area contributed by atoms with Crippen molar-refractivity contribution in [2.75, 3.05) is 6.61 Å². The summed E-state index contributed by atoms with van der Waals surface area (Å²) < 4.78 is 5.59. The van der Waals surface area contributed by atoms with Crippen molar-refractivity contribution < 1.29 is 9.53 Å². The molecule has 0 N–H and O–H groups in total. The van der Waals surface area contributed by atoms with Crippen LogP contribution in [0, 0.1) is 5.92 Å². The van der Waals surface area contributed by atoms with Gasteiger partial charge in [-0.25, -0.2) is 0 Å². The topological polar surface area (TPSA) is 26.3 Å². The Balaban J connectivity index is 3.49. The normalized spacial score (nSPS) is 12.2. The molecule has 0 radical (unpaired) electrons. The van der Waals surface area contributed by atoms with Crippen LogP contribution in [0.4, 0.5) is 0 Å². The summed E-state index contributed by atoms with van der Waals surface area (Å²) in [6, 6.07) is 0. The van der Waals surface area contributed by atoms with Crippen molar-refractivity contribution in [3.05, 3.63) is 0 Å². The van der Waals surface area contributed by atoms with E-state index in [1.807, 2.05) is 0 Å². The number of unbranched alkanes of at least 4 members (excludes halogenated alkanes) is 23. The third kappa shape index (κ3) is 29.9. The second-order valence-corrected chi connectivity index (χ2v) is 12.0. The third-order valence-corrected chi connectivity index (χ3v) is 8.13. The lowest BCUT2D eigenvalue weighted by Crippen LogP contribution is -2.12. The van der Waals surface area contributed by atoms with Crippen molar-refractivity contribution >= 4 is 5.97 Å². The molecule has 2 heteroatoms. The fraction of sp³-hybridized carbons (Fsp3) is 0.971. The third-order valence-electron chi connectivity index (χ3n) is 8.13. The molecule has 0 fully saturated rings. The Morgan fingerprint density at radius 1 is 0.432 bits per heavy atom. The summed E-state index contributed by atoms with van der Waals surface area (Å²) in [6.07, 6.45) is 38.5. The van der Waals surface area contributed by atoms with Gasteiger partial charge in [0.05, 0.1) is 6.61 Å². The molecule has 0 aliphatic heterocycles. The van der Waals surface area contributed by atoms with Crippen LogP contribution in [0.1, 0.15) is 207 Å². The Bertz CT molecular complexity index is 433. The lowest BCUT2D eigenvalue weighted by molar-refractivity contribution is -0.145. The van der Waals surface area contributed by atoms with Gasteiger partial charge in [-0.3, -0.25) is 4.79 Å². The van der Waals surface area contributed by atoms with E-state index in [9.17, 15) is 4.79 Å². The molecule has 0 aromatic carbocycles. The Hall–Kier alpha value is -0.530. The van der Waals surface area contributed by atoms with Gasteiger partial charge in [-0.1, -0.05) is 188 Å². The Morgan fingerprint density at radius 3 is 1.16 bits per heavy atom. The Morgan fingerprint density at radius 2 is 0.784 bits per heavy atom. The van der Waals surface area contributed by atoms with Gasteiger partial charge in [0.2, 0.25) is 0 Å². The minimum Gasteiger partial charge on any atom is -0.466 e. The molecule has 1 unspecified atom stereocenters. The highest BCUT2D eigenvalue weighted by Gasteiger charge is 2.14. The Labute approximate surface area is 234 Å². The van der Waals surface area contributed by atoms with Crippen LogP contribution in [-0.2, 0) is 9.53 Å². The molecular weight excluding hydrogens is 452 g/mol. The molecule has 0 amide bonds. The largest absolute Gasteiger partial charge is 0.466 e. The highest BCUT2D eigenvalue weighted by Crippen LogP contribution is 2.21. The first-order chi connectivity index (χ1) is 18.2. The molecule has 0 aromatic rings. The summed E-state index contributed by atoms with van der Waals surface area (Å²) in [5.41, 5.74) is 0. The van der Waals surface area contributed by atoms with E-state index in [0.29, 0.717) is 18.9 Å². The molecule has 0 spiro atoms. The summed E-state index contributed by atoms with van der Waals surface area (Å²) in [7, 11) is 0. The highest BCUT2D eigenvalue weighted by atomic mass is 16.5. The molecule has 0 aliphatic rings. The molecule has 1 atom stereocenters. The van der Waals surface area contributed by atoms with Gasteiger partial charge in [0.25, 0.3) is 0 Å². The van der Waals surface area contributed by atoms with Crippen molar-refractivity contribution in [3.8, 4) is 0 Å². The zero-order valence-electron chi connectivity index (χ0n) is 26.1. The zero-order chi connectivity index (χ0) is 27.1. The van der Waals surface area contributed by atoms with Crippen LogP contribution in [-0.4, -0.2) is 12.6 Å². The van der Waals surface area contributed by atoms with Crippen LogP contribution in [0.15, 0.2) is 0 Å². The summed E-state index contributed by atoms with van der Waals surface area (Å²) in [5, 5.41) is 0. The van der Waals surface area contributed by atoms with Crippen LogP contribution in [0.2, 0.25) is 0 Å². The second kappa shape index (κ2) is 31.7. The number of carbonyl (C=O) groups excluding carboxylic acids is 1. The van der Waals surface area contributed by atoms with Gasteiger partial charge < -0.3 is 4.74 Å². The highest BCUT2D eigenvalue weighted by molar-refractivity contribution is 5.69. The number of hydrogen-bond donors (Lipinski definition) is 0. The van der Waals surface area contributed by atoms with E-state index in [2.05, 4.69) is 20.8 Å². The molecule has 0 aromatic heterocycles. The van der Waals surface area contributed by atoms with Gasteiger partial charge in [-0.2, -0.15) is 0 Å². The molecule has 0 saturated carbocycles. The van der Waals surface area contributed by atoms with Gasteiger partial charge in [0.1, 0.15) is 0 Å². The SMILES string of the molecule is CCCCCCCCCCCCCCCCCOC(=O)CC(CCC)CCCCCCCCCCCC. The van der Waals surface area contributed by atoms with E-state index in [0.717, 1.165) is 6.42 Å². The van der Waals surface area contributed by atoms with Gasteiger partial charge in [-0.05, 0) is 18.8 Å². The number of hydrogen-bond acceptors (Lipinski definition) is 2. The molecule has 37 heavy (non-hydrogen) atoms.